The highest BCUT2D eigenvalue weighted by atomic mass is 35.5. The van der Waals surface area contributed by atoms with Gasteiger partial charge in [-0.05, 0) is 63.5 Å². The van der Waals surface area contributed by atoms with Crippen LogP contribution < -0.4 is 20.7 Å². The van der Waals surface area contributed by atoms with Crippen molar-refractivity contribution in [2.24, 2.45) is 5.92 Å². The van der Waals surface area contributed by atoms with Crippen LogP contribution in [0.4, 0.5) is 15.2 Å². The molecule has 29 heavy (non-hydrogen) atoms. The third kappa shape index (κ3) is 8.81. The van der Waals surface area contributed by atoms with Crippen LogP contribution >= 0.6 is 34.9 Å². The third-order valence-electron chi connectivity index (χ3n) is 4.17. The molecular weight excluding hydrogens is 429 g/mol. The molecule has 1 unspecified atom stereocenters. The van der Waals surface area contributed by atoms with Gasteiger partial charge in [0, 0.05) is 30.6 Å². The number of unbranched alkanes of at least 4 members (excludes halogenated alkanes) is 1. The predicted molar refractivity (Wildman–Crippen MR) is 124 cm³/mol. The van der Waals surface area contributed by atoms with Gasteiger partial charge in [0.05, 0.1) is 15.6 Å². The summed E-state index contributed by atoms with van der Waals surface area (Å²) in [6.45, 7) is 3.87. The van der Waals surface area contributed by atoms with Crippen molar-refractivity contribution < 1.29 is 4.39 Å². The first-order valence-electron chi connectivity index (χ1n) is 9.50. The summed E-state index contributed by atoms with van der Waals surface area (Å²) in [5.41, 5.74) is 0.627. The fraction of sp³-hybridized carbons (Fsp3) is 0.450. The topological polar surface area (TPSA) is 61.0 Å². The molecule has 158 valence electrons. The molecule has 0 saturated carbocycles. The molecule has 1 saturated heterocycles. The highest BCUT2D eigenvalue weighted by Crippen LogP contribution is 2.32. The van der Waals surface area contributed by atoms with Crippen LogP contribution in [0.3, 0.4) is 0 Å². The maximum absolute atomic E-state index is 14.1. The summed E-state index contributed by atoms with van der Waals surface area (Å²) in [6.07, 6.45) is 10.1. The lowest BCUT2D eigenvalue weighted by Gasteiger charge is -2.11. The number of thiazole rings is 1. The lowest BCUT2D eigenvalue weighted by molar-refractivity contribution is 0.602. The first kappa shape index (κ1) is 23.8. The molecule has 3 rings (SSSR count). The van der Waals surface area contributed by atoms with Crippen molar-refractivity contribution in [1.29, 1.82) is 0 Å². The zero-order valence-electron chi connectivity index (χ0n) is 16.4. The number of rotatable bonds is 9. The standard InChI is InChI=1S/C14H18ClFN4S2.C6H9N/c1-17-4-2-3-5-18-12-9-11(16)13(8-10(12)15)22-20-14-19-6-7-21-14;1-2-6-3-4-7-5-6/h6-9,17-18H,2-5H2,1H3,(H,19,20);1,6-7H,3-5H2. The average Bonchev–Trinajstić information content (AvgIpc) is 3.43. The van der Waals surface area contributed by atoms with Crippen LogP contribution in [0.1, 0.15) is 19.3 Å². The number of anilines is 2. The first-order valence-corrected chi connectivity index (χ1v) is 11.6. The number of hydrogen-bond acceptors (Lipinski definition) is 7. The number of nitrogens with zero attached hydrogens (tertiary/aromatic N) is 1. The van der Waals surface area contributed by atoms with Crippen molar-refractivity contribution in [3.63, 3.8) is 0 Å². The van der Waals surface area contributed by atoms with Gasteiger partial charge in [0.1, 0.15) is 5.82 Å². The van der Waals surface area contributed by atoms with Crippen LogP contribution in [-0.2, 0) is 0 Å². The van der Waals surface area contributed by atoms with E-state index in [4.69, 9.17) is 18.0 Å². The molecule has 0 aliphatic carbocycles. The minimum atomic E-state index is -0.309. The second kappa shape index (κ2) is 13.7. The Kier molecular flexibility index (Phi) is 11.2. The molecule has 0 amide bonds. The highest BCUT2D eigenvalue weighted by molar-refractivity contribution is 8.00. The second-order valence-electron chi connectivity index (χ2n) is 6.40. The van der Waals surface area contributed by atoms with Crippen molar-refractivity contribution in [3.8, 4) is 12.3 Å². The molecular formula is C20H27ClFN5S2. The Hall–Kier alpha value is -1.50. The molecule has 9 heteroatoms. The van der Waals surface area contributed by atoms with Gasteiger partial charge in [-0.2, -0.15) is 0 Å². The summed E-state index contributed by atoms with van der Waals surface area (Å²) in [6, 6.07) is 3.06. The van der Waals surface area contributed by atoms with E-state index in [1.807, 2.05) is 12.4 Å². The Balaban J connectivity index is 0.000000360. The Bertz CT molecular complexity index is 761. The van der Waals surface area contributed by atoms with Crippen LogP contribution in [0, 0.1) is 24.1 Å². The normalized spacial score (nSPS) is 15.3. The van der Waals surface area contributed by atoms with Crippen molar-refractivity contribution >= 4 is 45.7 Å². The summed E-state index contributed by atoms with van der Waals surface area (Å²) in [5.74, 6) is 2.91. The predicted octanol–water partition coefficient (Wildman–Crippen LogP) is 4.70. The average molecular weight is 456 g/mol. The molecule has 1 atom stereocenters. The smallest absolute Gasteiger partial charge is 0.192 e. The number of benzene rings is 1. The molecule has 0 spiro atoms. The summed E-state index contributed by atoms with van der Waals surface area (Å²) >= 11 is 8.83. The van der Waals surface area contributed by atoms with Crippen molar-refractivity contribution in [2.75, 3.05) is 43.3 Å². The molecule has 1 aliphatic heterocycles. The number of terminal acetylenes is 1. The maximum atomic E-state index is 14.1. The lowest BCUT2D eigenvalue weighted by Crippen LogP contribution is -2.10. The number of nitrogens with one attached hydrogen (secondary N) is 4. The molecule has 2 heterocycles. The van der Waals surface area contributed by atoms with E-state index in [9.17, 15) is 4.39 Å². The van der Waals surface area contributed by atoms with Crippen molar-refractivity contribution in [2.45, 2.75) is 24.2 Å². The van der Waals surface area contributed by atoms with E-state index in [1.54, 1.807) is 12.3 Å². The van der Waals surface area contributed by atoms with E-state index < -0.39 is 0 Å². The first-order chi connectivity index (χ1) is 14.1. The van der Waals surface area contributed by atoms with E-state index in [2.05, 4.69) is 31.6 Å². The number of aromatic nitrogens is 1. The van der Waals surface area contributed by atoms with Gasteiger partial charge in [-0.1, -0.05) is 11.6 Å². The molecule has 0 bridgehead atoms. The van der Waals surface area contributed by atoms with Gasteiger partial charge in [0.25, 0.3) is 0 Å². The maximum Gasteiger partial charge on any atom is 0.192 e. The number of hydrogen-bond donors (Lipinski definition) is 4. The largest absolute Gasteiger partial charge is 0.384 e. The van der Waals surface area contributed by atoms with Crippen LogP contribution in [0.2, 0.25) is 5.02 Å². The van der Waals surface area contributed by atoms with Gasteiger partial charge in [-0.25, -0.2) is 9.37 Å². The van der Waals surface area contributed by atoms with Crippen molar-refractivity contribution in [3.05, 3.63) is 34.5 Å². The fourth-order valence-corrected chi connectivity index (χ4v) is 4.13. The molecule has 4 N–H and O–H groups in total. The molecule has 5 nitrogen and oxygen atoms in total. The molecule has 2 aromatic rings. The second-order valence-corrected chi connectivity index (χ2v) is 8.55. The SMILES string of the molecule is C#CC1CCNC1.CNCCCCNc1cc(F)c(SNc2nccs2)cc1Cl. The zero-order chi connectivity index (χ0) is 20.9. The van der Waals surface area contributed by atoms with E-state index in [0.717, 1.165) is 50.6 Å². The number of halogens is 2. The highest BCUT2D eigenvalue weighted by Gasteiger charge is 2.10. The molecule has 1 aromatic heterocycles. The van der Waals surface area contributed by atoms with E-state index >= 15 is 0 Å². The quantitative estimate of drug-likeness (QED) is 0.250. The van der Waals surface area contributed by atoms with E-state index in [-0.39, 0.29) is 5.82 Å². The third-order valence-corrected chi connectivity index (χ3v) is 6.13. The molecule has 0 radical (unpaired) electrons. The summed E-state index contributed by atoms with van der Waals surface area (Å²) < 4.78 is 17.1. The van der Waals surface area contributed by atoms with E-state index in [1.165, 1.54) is 29.4 Å². The van der Waals surface area contributed by atoms with Crippen LogP contribution in [0.25, 0.3) is 0 Å². The minimum Gasteiger partial charge on any atom is -0.384 e. The monoisotopic (exact) mass is 455 g/mol. The Morgan fingerprint density at radius 2 is 2.24 bits per heavy atom. The van der Waals surface area contributed by atoms with Gasteiger partial charge < -0.3 is 20.7 Å². The minimum absolute atomic E-state index is 0.309. The van der Waals surface area contributed by atoms with Crippen LogP contribution in [-0.4, -0.2) is 38.2 Å². The van der Waals surface area contributed by atoms with Gasteiger partial charge >= 0.3 is 0 Å². The summed E-state index contributed by atoms with van der Waals surface area (Å²) in [4.78, 5) is 4.52. The zero-order valence-corrected chi connectivity index (χ0v) is 18.8. The van der Waals surface area contributed by atoms with Gasteiger partial charge in [-0.3, -0.25) is 0 Å². The van der Waals surface area contributed by atoms with Crippen LogP contribution in [0.15, 0.2) is 28.6 Å². The van der Waals surface area contributed by atoms with Crippen molar-refractivity contribution in [1.82, 2.24) is 15.6 Å². The molecule has 1 aliphatic rings. The van der Waals surface area contributed by atoms with Gasteiger partial charge in [0.2, 0.25) is 0 Å². The summed E-state index contributed by atoms with van der Waals surface area (Å²) in [5, 5.41) is 12.5. The van der Waals surface area contributed by atoms with E-state index in [0.29, 0.717) is 21.5 Å². The lowest BCUT2D eigenvalue weighted by atomic mass is 10.1. The Morgan fingerprint density at radius 1 is 1.41 bits per heavy atom. The van der Waals surface area contributed by atoms with Gasteiger partial charge in [0.15, 0.2) is 5.13 Å². The molecule has 1 fully saturated rings. The Morgan fingerprint density at radius 3 is 2.86 bits per heavy atom. The summed E-state index contributed by atoms with van der Waals surface area (Å²) in [7, 11) is 1.93. The molecule has 1 aromatic carbocycles. The van der Waals surface area contributed by atoms with Gasteiger partial charge in [-0.15, -0.1) is 23.7 Å². The fourth-order valence-electron chi connectivity index (χ4n) is 2.56. The Labute approximate surface area is 185 Å². The van der Waals surface area contributed by atoms with Crippen LogP contribution in [0.5, 0.6) is 0 Å².